The fraction of sp³-hybridized carbons (Fsp3) is 0.692. The van der Waals surface area contributed by atoms with Crippen molar-refractivity contribution in [1.29, 1.82) is 0 Å². The van der Waals surface area contributed by atoms with Gasteiger partial charge in [-0.2, -0.15) is 5.10 Å². The molecule has 1 aromatic heterocycles. The molecule has 0 saturated carbocycles. The van der Waals surface area contributed by atoms with Gasteiger partial charge in [0.1, 0.15) is 0 Å². The third-order valence-electron chi connectivity index (χ3n) is 3.52. The van der Waals surface area contributed by atoms with Crippen molar-refractivity contribution in [1.82, 2.24) is 14.7 Å². The van der Waals surface area contributed by atoms with E-state index in [0.717, 1.165) is 18.7 Å². The summed E-state index contributed by atoms with van der Waals surface area (Å²) in [6.45, 7) is 6.57. The van der Waals surface area contributed by atoms with Crippen molar-refractivity contribution < 1.29 is 14.6 Å². The number of hydrogen-bond acceptors (Lipinski definition) is 4. The highest BCUT2D eigenvalue weighted by Gasteiger charge is 2.26. The average Bonchev–Trinajstić information content (AvgIpc) is 2.86. The van der Waals surface area contributed by atoms with Crippen molar-refractivity contribution in [2.75, 3.05) is 19.7 Å². The Morgan fingerprint density at radius 3 is 3.16 bits per heavy atom. The molecule has 1 saturated heterocycles. The Bertz CT molecular complexity index is 433. The molecule has 19 heavy (non-hydrogen) atoms. The van der Waals surface area contributed by atoms with Crippen LogP contribution in [-0.2, 0) is 16.1 Å². The number of hydrogen-bond donors (Lipinski definition) is 1. The highest BCUT2D eigenvalue weighted by atomic mass is 16.5. The van der Waals surface area contributed by atoms with Gasteiger partial charge in [0.2, 0.25) is 0 Å². The van der Waals surface area contributed by atoms with E-state index >= 15 is 0 Å². The van der Waals surface area contributed by atoms with Crippen molar-refractivity contribution in [2.45, 2.75) is 39.0 Å². The molecule has 1 aliphatic heterocycles. The first-order valence-electron chi connectivity index (χ1n) is 6.71. The van der Waals surface area contributed by atoms with Crippen molar-refractivity contribution in [3.8, 4) is 0 Å². The maximum atomic E-state index is 10.9. The van der Waals surface area contributed by atoms with Crippen molar-refractivity contribution >= 4 is 5.97 Å². The summed E-state index contributed by atoms with van der Waals surface area (Å²) in [7, 11) is 0. The Hall–Kier alpha value is -1.40. The summed E-state index contributed by atoms with van der Waals surface area (Å²) in [5, 5.41) is 13.5. The summed E-state index contributed by atoms with van der Waals surface area (Å²) < 4.78 is 7.16. The Balaban J connectivity index is 1.93. The molecule has 0 aliphatic carbocycles. The Labute approximate surface area is 113 Å². The summed E-state index contributed by atoms with van der Waals surface area (Å²) in [5.41, 5.74) is 0.978. The van der Waals surface area contributed by atoms with Gasteiger partial charge in [-0.25, -0.2) is 4.79 Å². The number of ether oxygens (including phenoxy) is 1. The third kappa shape index (κ3) is 3.54. The number of carboxylic acid groups (broad SMARTS) is 1. The van der Waals surface area contributed by atoms with Crippen LogP contribution in [-0.4, -0.2) is 51.6 Å². The van der Waals surface area contributed by atoms with Crippen LogP contribution in [0.2, 0.25) is 0 Å². The summed E-state index contributed by atoms with van der Waals surface area (Å²) >= 11 is 0. The molecule has 1 aromatic rings. The lowest BCUT2D eigenvalue weighted by Crippen LogP contribution is -2.45. The van der Waals surface area contributed by atoms with E-state index in [2.05, 4.69) is 23.8 Å². The van der Waals surface area contributed by atoms with Crippen LogP contribution in [0.4, 0.5) is 0 Å². The molecule has 1 fully saturated rings. The van der Waals surface area contributed by atoms with Crippen molar-refractivity contribution in [3.05, 3.63) is 18.0 Å². The quantitative estimate of drug-likeness (QED) is 0.866. The standard InChI is InChI=1S/C13H21N3O3/c1-3-10(2)16-5-4-11(14-16)8-15-6-7-19-12(9-15)13(17)18/h4-5,10,12H,3,6-9H2,1-2H3,(H,17,18). The lowest BCUT2D eigenvalue weighted by atomic mass is 10.2. The predicted molar refractivity (Wildman–Crippen MR) is 69.9 cm³/mol. The van der Waals surface area contributed by atoms with Gasteiger partial charge in [-0.3, -0.25) is 9.58 Å². The van der Waals surface area contributed by atoms with Gasteiger partial charge in [0.15, 0.2) is 6.10 Å². The lowest BCUT2D eigenvalue weighted by molar-refractivity contribution is -0.156. The van der Waals surface area contributed by atoms with E-state index in [0.29, 0.717) is 25.7 Å². The summed E-state index contributed by atoms with van der Waals surface area (Å²) in [5.74, 6) is -0.894. The van der Waals surface area contributed by atoms with Gasteiger partial charge < -0.3 is 9.84 Å². The molecule has 2 rings (SSSR count). The van der Waals surface area contributed by atoms with Crippen LogP contribution >= 0.6 is 0 Å². The van der Waals surface area contributed by atoms with Gasteiger partial charge in [0.25, 0.3) is 0 Å². The molecule has 0 spiro atoms. The third-order valence-corrected chi connectivity index (χ3v) is 3.52. The van der Waals surface area contributed by atoms with E-state index in [9.17, 15) is 4.79 Å². The Morgan fingerprint density at radius 2 is 2.47 bits per heavy atom. The van der Waals surface area contributed by atoms with Gasteiger partial charge in [0.05, 0.1) is 12.3 Å². The minimum absolute atomic E-state index is 0.394. The number of aromatic nitrogens is 2. The minimum atomic E-state index is -0.894. The van der Waals surface area contributed by atoms with E-state index in [4.69, 9.17) is 9.84 Å². The lowest BCUT2D eigenvalue weighted by Gasteiger charge is -2.30. The van der Waals surface area contributed by atoms with E-state index in [-0.39, 0.29) is 0 Å². The first-order chi connectivity index (χ1) is 9.10. The van der Waals surface area contributed by atoms with Crippen LogP contribution in [0.25, 0.3) is 0 Å². The summed E-state index contributed by atoms with van der Waals surface area (Å²) in [6, 6.07) is 2.39. The fourth-order valence-corrected chi connectivity index (χ4v) is 2.12. The Morgan fingerprint density at radius 1 is 1.68 bits per heavy atom. The van der Waals surface area contributed by atoms with E-state index in [1.165, 1.54) is 0 Å². The number of morpholine rings is 1. The molecular weight excluding hydrogens is 246 g/mol. The summed E-state index contributed by atoms with van der Waals surface area (Å²) in [6.07, 6.45) is 2.31. The molecule has 0 bridgehead atoms. The molecule has 106 valence electrons. The molecule has 0 amide bonds. The second-order valence-electron chi connectivity index (χ2n) is 4.98. The van der Waals surface area contributed by atoms with E-state index in [1.807, 2.05) is 16.9 Å². The largest absolute Gasteiger partial charge is 0.479 e. The van der Waals surface area contributed by atoms with Gasteiger partial charge in [-0.05, 0) is 19.4 Å². The molecule has 6 heteroatoms. The van der Waals surface area contributed by atoms with Gasteiger partial charge in [-0.15, -0.1) is 0 Å². The first-order valence-corrected chi connectivity index (χ1v) is 6.71. The average molecular weight is 267 g/mol. The van der Waals surface area contributed by atoms with E-state index in [1.54, 1.807) is 0 Å². The number of rotatable bonds is 5. The van der Waals surface area contributed by atoms with Crippen LogP contribution in [0.1, 0.15) is 32.0 Å². The topological polar surface area (TPSA) is 67.6 Å². The maximum absolute atomic E-state index is 10.9. The smallest absolute Gasteiger partial charge is 0.334 e. The molecule has 2 heterocycles. The molecule has 1 aliphatic rings. The number of aliphatic carboxylic acids is 1. The Kier molecular flexibility index (Phi) is 4.55. The van der Waals surface area contributed by atoms with E-state index < -0.39 is 12.1 Å². The van der Waals surface area contributed by atoms with Crippen LogP contribution in [0, 0.1) is 0 Å². The van der Waals surface area contributed by atoms with Crippen LogP contribution in [0.5, 0.6) is 0 Å². The fourth-order valence-electron chi connectivity index (χ4n) is 2.12. The van der Waals surface area contributed by atoms with Crippen LogP contribution in [0.15, 0.2) is 12.3 Å². The van der Waals surface area contributed by atoms with Gasteiger partial charge in [-0.1, -0.05) is 6.92 Å². The highest BCUT2D eigenvalue weighted by molar-refractivity contribution is 5.72. The molecule has 2 atom stereocenters. The molecule has 0 aromatic carbocycles. The first kappa shape index (κ1) is 14.0. The number of carbonyl (C=O) groups is 1. The SMILES string of the molecule is CCC(C)n1ccc(CN2CCOC(C(=O)O)C2)n1. The van der Waals surface area contributed by atoms with Gasteiger partial charge >= 0.3 is 5.97 Å². The molecular formula is C13H21N3O3. The number of carboxylic acids is 1. The second-order valence-corrected chi connectivity index (χ2v) is 4.98. The van der Waals surface area contributed by atoms with Gasteiger partial charge in [0, 0.05) is 31.9 Å². The van der Waals surface area contributed by atoms with Crippen LogP contribution < -0.4 is 0 Å². The molecule has 6 nitrogen and oxygen atoms in total. The molecule has 2 unspecified atom stereocenters. The van der Waals surface area contributed by atoms with Crippen LogP contribution in [0.3, 0.4) is 0 Å². The minimum Gasteiger partial charge on any atom is -0.479 e. The van der Waals surface area contributed by atoms with Crippen molar-refractivity contribution in [2.24, 2.45) is 0 Å². The zero-order valence-corrected chi connectivity index (χ0v) is 11.5. The summed E-state index contributed by atoms with van der Waals surface area (Å²) in [4.78, 5) is 13.0. The van der Waals surface area contributed by atoms with Crippen molar-refractivity contribution in [3.63, 3.8) is 0 Å². The molecule has 0 radical (unpaired) electrons. The molecule has 1 N–H and O–H groups in total. The second kappa shape index (κ2) is 6.16. The maximum Gasteiger partial charge on any atom is 0.334 e. The zero-order chi connectivity index (χ0) is 13.8. The predicted octanol–water partition coefficient (Wildman–Crippen LogP) is 1.14. The zero-order valence-electron chi connectivity index (χ0n) is 11.5. The normalized spacial score (nSPS) is 22.3. The number of nitrogens with zero attached hydrogens (tertiary/aromatic N) is 3. The monoisotopic (exact) mass is 267 g/mol. The highest BCUT2D eigenvalue weighted by Crippen LogP contribution is 2.12.